The first-order valence-corrected chi connectivity index (χ1v) is 5.81. The Bertz CT molecular complexity index is 519. The molecule has 0 bridgehead atoms. The van der Waals surface area contributed by atoms with Crippen molar-refractivity contribution in [2.24, 2.45) is 0 Å². The highest BCUT2D eigenvalue weighted by atomic mass is 79.9. The molecular formula is C11H7BrF2N2O. The van der Waals surface area contributed by atoms with E-state index in [-0.39, 0.29) is 11.8 Å². The predicted octanol–water partition coefficient (Wildman–Crippen LogP) is 3.44. The van der Waals surface area contributed by atoms with Crippen LogP contribution in [0.5, 0.6) is 11.8 Å². The molecule has 0 spiro atoms. The number of hydrogen-bond acceptors (Lipinski definition) is 3. The van der Waals surface area contributed by atoms with Crippen LogP contribution in [0, 0.1) is 11.6 Å². The van der Waals surface area contributed by atoms with E-state index in [1.165, 1.54) is 6.07 Å². The van der Waals surface area contributed by atoms with Gasteiger partial charge in [-0.15, -0.1) is 0 Å². The molecule has 0 amide bonds. The first-order valence-electron chi connectivity index (χ1n) is 4.69. The molecule has 0 unspecified atom stereocenters. The highest BCUT2D eigenvalue weighted by molar-refractivity contribution is 9.08. The van der Waals surface area contributed by atoms with Crippen LogP contribution in [-0.2, 0) is 5.33 Å². The fourth-order valence-electron chi connectivity index (χ4n) is 1.12. The normalized spacial score (nSPS) is 10.3. The summed E-state index contributed by atoms with van der Waals surface area (Å²) in [6.45, 7) is 0. The van der Waals surface area contributed by atoms with Crippen molar-refractivity contribution in [2.75, 3.05) is 0 Å². The van der Waals surface area contributed by atoms with Crippen molar-refractivity contribution in [3.05, 3.63) is 47.8 Å². The molecule has 0 N–H and O–H groups in total. The maximum absolute atomic E-state index is 13.3. The quantitative estimate of drug-likeness (QED) is 0.815. The van der Waals surface area contributed by atoms with Crippen LogP contribution in [0.3, 0.4) is 0 Å². The van der Waals surface area contributed by atoms with Crippen LogP contribution >= 0.6 is 15.9 Å². The Morgan fingerprint density at radius 3 is 2.47 bits per heavy atom. The van der Waals surface area contributed by atoms with E-state index in [1.54, 1.807) is 12.4 Å². The highest BCUT2D eigenvalue weighted by Gasteiger charge is 2.07. The molecule has 0 saturated carbocycles. The maximum atomic E-state index is 13.3. The summed E-state index contributed by atoms with van der Waals surface area (Å²) in [7, 11) is 0. The number of aromatic nitrogens is 2. The number of hydrogen-bond donors (Lipinski definition) is 0. The molecule has 3 nitrogen and oxygen atoms in total. The van der Waals surface area contributed by atoms with E-state index >= 15 is 0 Å². The summed E-state index contributed by atoms with van der Waals surface area (Å²) in [6, 6.07) is 3.04. The zero-order valence-electron chi connectivity index (χ0n) is 8.53. The largest absolute Gasteiger partial charge is 0.421 e. The van der Waals surface area contributed by atoms with Crippen LogP contribution < -0.4 is 4.74 Å². The first-order chi connectivity index (χ1) is 8.19. The number of rotatable bonds is 3. The van der Waals surface area contributed by atoms with Crippen LogP contribution in [-0.4, -0.2) is 9.97 Å². The van der Waals surface area contributed by atoms with E-state index in [4.69, 9.17) is 4.74 Å². The summed E-state index contributed by atoms with van der Waals surface area (Å²) in [6.07, 6.45) is 3.11. The number of ether oxygens (including phenoxy) is 1. The monoisotopic (exact) mass is 300 g/mol. The molecule has 2 aromatic rings. The van der Waals surface area contributed by atoms with E-state index in [0.717, 1.165) is 17.7 Å². The average Bonchev–Trinajstić information content (AvgIpc) is 2.34. The van der Waals surface area contributed by atoms with Crippen molar-refractivity contribution in [3.63, 3.8) is 0 Å². The molecule has 88 valence electrons. The molecule has 1 aromatic carbocycles. The predicted molar refractivity (Wildman–Crippen MR) is 61.1 cm³/mol. The van der Waals surface area contributed by atoms with Crippen LogP contribution in [0.1, 0.15) is 5.56 Å². The first kappa shape index (κ1) is 11.9. The van der Waals surface area contributed by atoms with Gasteiger partial charge in [-0.2, -0.15) is 0 Å². The Labute approximate surface area is 105 Å². The number of halogens is 3. The molecule has 0 fully saturated rings. The molecule has 0 radical (unpaired) electrons. The van der Waals surface area contributed by atoms with Crippen molar-refractivity contribution >= 4 is 15.9 Å². The molecular weight excluding hydrogens is 294 g/mol. The summed E-state index contributed by atoms with van der Waals surface area (Å²) in [5.74, 6) is -1.57. The van der Waals surface area contributed by atoms with Crippen molar-refractivity contribution in [2.45, 2.75) is 5.33 Å². The van der Waals surface area contributed by atoms with Crippen LogP contribution in [0.25, 0.3) is 0 Å². The van der Waals surface area contributed by atoms with Gasteiger partial charge in [0.15, 0.2) is 11.6 Å². The van der Waals surface area contributed by atoms with Gasteiger partial charge in [-0.3, -0.25) is 0 Å². The lowest BCUT2D eigenvalue weighted by atomic mass is 10.3. The number of nitrogens with zero attached hydrogens (tertiary/aromatic N) is 2. The van der Waals surface area contributed by atoms with E-state index in [2.05, 4.69) is 25.9 Å². The third-order valence-electron chi connectivity index (χ3n) is 1.93. The second-order valence-corrected chi connectivity index (χ2v) is 3.75. The Hall–Kier alpha value is -1.56. The fourth-order valence-corrected chi connectivity index (χ4v) is 1.41. The van der Waals surface area contributed by atoms with Gasteiger partial charge < -0.3 is 4.74 Å². The molecule has 0 atom stereocenters. The van der Waals surface area contributed by atoms with Gasteiger partial charge >= 0.3 is 6.01 Å². The lowest BCUT2D eigenvalue weighted by molar-refractivity contribution is 0.407. The molecule has 0 aliphatic rings. The molecule has 0 saturated heterocycles. The smallest absolute Gasteiger partial charge is 0.321 e. The molecule has 0 aliphatic heterocycles. The summed E-state index contributed by atoms with van der Waals surface area (Å²) in [5.41, 5.74) is 0.872. The second-order valence-electron chi connectivity index (χ2n) is 3.18. The number of alkyl halides is 1. The van der Waals surface area contributed by atoms with Gasteiger partial charge in [0.1, 0.15) is 5.82 Å². The van der Waals surface area contributed by atoms with Gasteiger partial charge in [0.25, 0.3) is 0 Å². The summed E-state index contributed by atoms with van der Waals surface area (Å²) in [4.78, 5) is 7.77. The second kappa shape index (κ2) is 5.18. The van der Waals surface area contributed by atoms with Crippen molar-refractivity contribution in [1.29, 1.82) is 0 Å². The molecule has 2 rings (SSSR count). The lowest BCUT2D eigenvalue weighted by Gasteiger charge is -2.04. The van der Waals surface area contributed by atoms with E-state index in [1.807, 2.05) is 0 Å². The van der Waals surface area contributed by atoms with Gasteiger partial charge in [-0.1, -0.05) is 15.9 Å². The van der Waals surface area contributed by atoms with Crippen molar-refractivity contribution in [3.8, 4) is 11.8 Å². The molecule has 6 heteroatoms. The SMILES string of the molecule is Fc1ccc(Oc2ncc(CBr)cn2)c(F)c1. The van der Waals surface area contributed by atoms with E-state index < -0.39 is 11.6 Å². The minimum Gasteiger partial charge on any atom is -0.421 e. The molecule has 0 aliphatic carbocycles. The summed E-state index contributed by atoms with van der Waals surface area (Å²) < 4.78 is 31.0. The standard InChI is InChI=1S/C11H7BrF2N2O/c12-4-7-5-15-11(16-6-7)17-10-2-1-8(13)3-9(10)14/h1-3,5-6H,4H2. The lowest BCUT2D eigenvalue weighted by Crippen LogP contribution is -1.95. The van der Waals surface area contributed by atoms with E-state index in [9.17, 15) is 8.78 Å². The average molecular weight is 301 g/mol. The van der Waals surface area contributed by atoms with E-state index in [0.29, 0.717) is 5.33 Å². The van der Waals surface area contributed by atoms with Gasteiger partial charge in [-0.25, -0.2) is 18.7 Å². The highest BCUT2D eigenvalue weighted by Crippen LogP contribution is 2.22. The summed E-state index contributed by atoms with van der Waals surface area (Å²) in [5, 5.41) is 0.623. The Morgan fingerprint density at radius 2 is 1.88 bits per heavy atom. The Balaban J connectivity index is 2.19. The fraction of sp³-hybridized carbons (Fsp3) is 0.0909. The maximum Gasteiger partial charge on any atom is 0.321 e. The summed E-state index contributed by atoms with van der Waals surface area (Å²) >= 11 is 3.25. The minimum absolute atomic E-state index is 0.0141. The van der Waals surface area contributed by atoms with Gasteiger partial charge in [0, 0.05) is 23.8 Å². The third kappa shape index (κ3) is 2.97. The molecule has 17 heavy (non-hydrogen) atoms. The molecule has 1 heterocycles. The Morgan fingerprint density at radius 1 is 1.18 bits per heavy atom. The zero-order valence-corrected chi connectivity index (χ0v) is 10.1. The topological polar surface area (TPSA) is 35.0 Å². The van der Waals surface area contributed by atoms with Crippen molar-refractivity contribution in [1.82, 2.24) is 9.97 Å². The van der Waals surface area contributed by atoms with Gasteiger partial charge in [-0.05, 0) is 17.7 Å². The third-order valence-corrected chi connectivity index (χ3v) is 2.58. The minimum atomic E-state index is -0.793. The van der Waals surface area contributed by atoms with Gasteiger partial charge in [0.05, 0.1) is 0 Å². The van der Waals surface area contributed by atoms with Crippen LogP contribution in [0.15, 0.2) is 30.6 Å². The number of benzene rings is 1. The van der Waals surface area contributed by atoms with Crippen molar-refractivity contribution < 1.29 is 13.5 Å². The Kier molecular flexibility index (Phi) is 3.63. The van der Waals surface area contributed by atoms with Crippen LogP contribution in [0.4, 0.5) is 8.78 Å². The van der Waals surface area contributed by atoms with Gasteiger partial charge in [0.2, 0.25) is 0 Å². The molecule has 1 aromatic heterocycles. The van der Waals surface area contributed by atoms with Crippen LogP contribution in [0.2, 0.25) is 0 Å². The zero-order chi connectivity index (χ0) is 12.3.